The lowest BCUT2D eigenvalue weighted by molar-refractivity contribution is 0.320. The first kappa shape index (κ1) is 10.9. The average molecular weight is 216 g/mol. The third-order valence-electron chi connectivity index (χ3n) is 1.51. The SMILES string of the molecule is Cc1cncc(NS(=O)(=O)CCO)c1. The van der Waals surface area contributed by atoms with E-state index in [0.717, 1.165) is 5.56 Å². The second kappa shape index (κ2) is 4.39. The van der Waals surface area contributed by atoms with E-state index in [1.165, 1.54) is 6.20 Å². The van der Waals surface area contributed by atoms with Gasteiger partial charge in [0.1, 0.15) is 0 Å². The van der Waals surface area contributed by atoms with Gasteiger partial charge in [-0.15, -0.1) is 0 Å². The van der Waals surface area contributed by atoms with E-state index >= 15 is 0 Å². The molecule has 1 heterocycles. The third kappa shape index (κ3) is 3.31. The Morgan fingerprint density at radius 3 is 2.79 bits per heavy atom. The highest BCUT2D eigenvalue weighted by atomic mass is 32.2. The molecule has 0 spiro atoms. The molecule has 0 saturated carbocycles. The summed E-state index contributed by atoms with van der Waals surface area (Å²) in [5.41, 5.74) is 1.28. The van der Waals surface area contributed by atoms with Crippen molar-refractivity contribution in [2.45, 2.75) is 6.92 Å². The van der Waals surface area contributed by atoms with Crippen molar-refractivity contribution in [2.24, 2.45) is 0 Å². The molecule has 5 nitrogen and oxygen atoms in total. The van der Waals surface area contributed by atoms with Crippen LogP contribution in [0.3, 0.4) is 0 Å². The largest absolute Gasteiger partial charge is 0.395 e. The first-order valence-electron chi connectivity index (χ1n) is 4.06. The fourth-order valence-electron chi connectivity index (χ4n) is 0.962. The second-order valence-electron chi connectivity index (χ2n) is 2.90. The van der Waals surface area contributed by atoms with Gasteiger partial charge < -0.3 is 5.11 Å². The van der Waals surface area contributed by atoms with E-state index in [-0.39, 0.29) is 5.75 Å². The molecule has 0 aliphatic heterocycles. The van der Waals surface area contributed by atoms with Crippen LogP contribution >= 0.6 is 0 Å². The minimum Gasteiger partial charge on any atom is -0.395 e. The molecule has 0 radical (unpaired) electrons. The monoisotopic (exact) mass is 216 g/mol. The average Bonchev–Trinajstić information content (AvgIpc) is 2.02. The predicted molar refractivity (Wildman–Crippen MR) is 53.5 cm³/mol. The number of aryl methyl sites for hydroxylation is 1. The van der Waals surface area contributed by atoms with Crippen LogP contribution in [0, 0.1) is 6.92 Å². The van der Waals surface area contributed by atoms with Crippen molar-refractivity contribution in [3.05, 3.63) is 24.0 Å². The molecule has 0 atom stereocenters. The van der Waals surface area contributed by atoms with Crippen LogP contribution in [0.5, 0.6) is 0 Å². The number of hydrogen-bond acceptors (Lipinski definition) is 4. The first-order chi connectivity index (χ1) is 6.53. The van der Waals surface area contributed by atoms with Gasteiger partial charge in [-0.25, -0.2) is 8.42 Å². The fourth-order valence-corrected chi connectivity index (χ4v) is 1.77. The maximum absolute atomic E-state index is 11.2. The highest BCUT2D eigenvalue weighted by molar-refractivity contribution is 7.92. The maximum atomic E-state index is 11.2. The van der Waals surface area contributed by atoms with E-state index in [1.54, 1.807) is 12.3 Å². The number of pyridine rings is 1. The quantitative estimate of drug-likeness (QED) is 0.749. The van der Waals surface area contributed by atoms with Gasteiger partial charge in [0, 0.05) is 6.20 Å². The Labute approximate surface area is 82.9 Å². The molecule has 1 aromatic heterocycles. The lowest BCUT2D eigenvalue weighted by Crippen LogP contribution is -2.18. The minimum absolute atomic E-state index is 0.305. The predicted octanol–water partition coefficient (Wildman–Crippen LogP) is 0.124. The molecular weight excluding hydrogens is 204 g/mol. The van der Waals surface area contributed by atoms with Crippen LogP contribution in [0.4, 0.5) is 5.69 Å². The van der Waals surface area contributed by atoms with E-state index in [9.17, 15) is 8.42 Å². The molecule has 0 aliphatic carbocycles. The molecule has 0 unspecified atom stereocenters. The van der Waals surface area contributed by atoms with Crippen LogP contribution in [0.1, 0.15) is 5.56 Å². The Morgan fingerprint density at radius 1 is 1.50 bits per heavy atom. The number of anilines is 1. The standard InChI is InChI=1S/C8H12N2O3S/c1-7-4-8(6-9-5-7)10-14(12,13)3-2-11/h4-6,10-11H,2-3H2,1H3. The summed E-state index contributed by atoms with van der Waals surface area (Å²) in [5, 5.41) is 8.50. The highest BCUT2D eigenvalue weighted by Crippen LogP contribution is 2.09. The van der Waals surface area contributed by atoms with Gasteiger partial charge in [0.15, 0.2) is 0 Å². The number of nitrogens with zero attached hydrogens (tertiary/aromatic N) is 1. The molecule has 1 aromatic rings. The second-order valence-corrected chi connectivity index (χ2v) is 4.74. The van der Waals surface area contributed by atoms with Crippen molar-refractivity contribution in [3.63, 3.8) is 0 Å². The van der Waals surface area contributed by atoms with Crippen molar-refractivity contribution in [1.82, 2.24) is 4.98 Å². The van der Waals surface area contributed by atoms with E-state index in [0.29, 0.717) is 5.69 Å². The van der Waals surface area contributed by atoms with E-state index in [2.05, 4.69) is 9.71 Å². The molecule has 14 heavy (non-hydrogen) atoms. The summed E-state index contributed by atoms with van der Waals surface area (Å²) < 4.78 is 24.7. The maximum Gasteiger partial charge on any atom is 0.235 e. The zero-order valence-corrected chi connectivity index (χ0v) is 8.58. The molecule has 0 bridgehead atoms. The van der Waals surface area contributed by atoms with Gasteiger partial charge in [-0.05, 0) is 18.6 Å². The molecule has 0 amide bonds. The molecule has 0 aliphatic rings. The molecule has 0 fully saturated rings. The Hall–Kier alpha value is -1.14. The molecular formula is C8H12N2O3S. The van der Waals surface area contributed by atoms with E-state index in [1.807, 2.05) is 6.92 Å². The van der Waals surface area contributed by atoms with Crippen molar-refractivity contribution in [1.29, 1.82) is 0 Å². The van der Waals surface area contributed by atoms with Gasteiger partial charge in [-0.3, -0.25) is 9.71 Å². The van der Waals surface area contributed by atoms with Gasteiger partial charge in [0.05, 0.1) is 24.2 Å². The lowest BCUT2D eigenvalue weighted by atomic mass is 10.3. The number of aliphatic hydroxyl groups is 1. The molecule has 0 saturated heterocycles. The van der Waals surface area contributed by atoms with Gasteiger partial charge >= 0.3 is 0 Å². The number of nitrogens with one attached hydrogen (secondary N) is 1. The number of aliphatic hydroxyl groups excluding tert-OH is 1. The smallest absolute Gasteiger partial charge is 0.235 e. The van der Waals surface area contributed by atoms with Crippen LogP contribution in [-0.4, -0.2) is 30.9 Å². The van der Waals surface area contributed by atoms with Crippen LogP contribution < -0.4 is 4.72 Å². The summed E-state index contributed by atoms with van der Waals surface area (Å²) in [6.07, 6.45) is 3.05. The van der Waals surface area contributed by atoms with Crippen LogP contribution in [-0.2, 0) is 10.0 Å². The molecule has 2 N–H and O–H groups in total. The van der Waals surface area contributed by atoms with E-state index in [4.69, 9.17) is 5.11 Å². The Morgan fingerprint density at radius 2 is 2.21 bits per heavy atom. The fraction of sp³-hybridized carbons (Fsp3) is 0.375. The summed E-state index contributed by atoms with van der Waals surface area (Å²) in [6, 6.07) is 1.67. The number of rotatable bonds is 4. The number of sulfonamides is 1. The van der Waals surface area contributed by atoms with Gasteiger partial charge in [-0.2, -0.15) is 0 Å². The minimum atomic E-state index is -3.44. The van der Waals surface area contributed by atoms with Gasteiger partial charge in [0.2, 0.25) is 10.0 Å². The molecule has 6 heteroatoms. The Balaban J connectivity index is 2.79. The summed E-state index contributed by atoms with van der Waals surface area (Å²) >= 11 is 0. The molecule has 0 aromatic carbocycles. The van der Waals surface area contributed by atoms with Crippen molar-refractivity contribution < 1.29 is 13.5 Å². The van der Waals surface area contributed by atoms with E-state index < -0.39 is 16.6 Å². The number of hydrogen-bond donors (Lipinski definition) is 2. The van der Waals surface area contributed by atoms with Gasteiger partial charge in [0.25, 0.3) is 0 Å². The van der Waals surface area contributed by atoms with Crippen molar-refractivity contribution in [2.75, 3.05) is 17.1 Å². The normalized spacial score (nSPS) is 11.3. The van der Waals surface area contributed by atoms with Crippen LogP contribution in [0.15, 0.2) is 18.5 Å². The first-order valence-corrected chi connectivity index (χ1v) is 5.72. The lowest BCUT2D eigenvalue weighted by Gasteiger charge is -2.06. The van der Waals surface area contributed by atoms with Crippen molar-refractivity contribution >= 4 is 15.7 Å². The highest BCUT2D eigenvalue weighted by Gasteiger charge is 2.08. The Bertz CT molecular complexity index is 403. The van der Waals surface area contributed by atoms with Crippen LogP contribution in [0.25, 0.3) is 0 Å². The summed E-state index contributed by atoms with van der Waals surface area (Å²) in [5.74, 6) is -0.305. The zero-order chi connectivity index (χ0) is 10.6. The summed E-state index contributed by atoms with van der Waals surface area (Å²) in [7, 11) is -3.44. The zero-order valence-electron chi connectivity index (χ0n) is 7.77. The number of aromatic nitrogens is 1. The molecule has 1 rings (SSSR count). The van der Waals surface area contributed by atoms with Crippen LogP contribution in [0.2, 0.25) is 0 Å². The summed E-state index contributed by atoms with van der Waals surface area (Å²) in [4.78, 5) is 3.84. The third-order valence-corrected chi connectivity index (χ3v) is 2.78. The van der Waals surface area contributed by atoms with Crippen molar-refractivity contribution in [3.8, 4) is 0 Å². The topological polar surface area (TPSA) is 79.3 Å². The molecule has 78 valence electrons. The summed E-state index contributed by atoms with van der Waals surface area (Å²) in [6.45, 7) is 1.42. The Kier molecular flexibility index (Phi) is 3.43. The van der Waals surface area contributed by atoms with Gasteiger partial charge in [-0.1, -0.05) is 0 Å².